The summed E-state index contributed by atoms with van der Waals surface area (Å²) < 4.78 is 41.7. The number of nitriles is 1. The lowest BCUT2D eigenvalue weighted by Crippen LogP contribution is -2.20. The monoisotopic (exact) mass is 434 g/mol. The van der Waals surface area contributed by atoms with Crippen molar-refractivity contribution in [3.05, 3.63) is 41.6 Å². The van der Waals surface area contributed by atoms with Crippen LogP contribution in [0.3, 0.4) is 0 Å². The van der Waals surface area contributed by atoms with Crippen molar-refractivity contribution in [1.29, 1.82) is 5.26 Å². The van der Waals surface area contributed by atoms with E-state index >= 15 is 0 Å². The predicted molar refractivity (Wildman–Crippen MR) is 106 cm³/mol. The Morgan fingerprint density at radius 1 is 1.32 bits per heavy atom. The van der Waals surface area contributed by atoms with E-state index in [1.807, 2.05) is 6.07 Å². The third kappa shape index (κ3) is 6.82. The van der Waals surface area contributed by atoms with E-state index < -0.39 is 6.36 Å². The van der Waals surface area contributed by atoms with E-state index in [-0.39, 0.29) is 47.5 Å². The lowest BCUT2D eigenvalue weighted by atomic mass is 10.0. The number of aromatic nitrogens is 2. The molecule has 11 heteroatoms. The molecule has 31 heavy (non-hydrogen) atoms. The van der Waals surface area contributed by atoms with Gasteiger partial charge in [-0.05, 0) is 31.5 Å². The Morgan fingerprint density at radius 2 is 2.13 bits per heavy atom. The quantitative estimate of drug-likeness (QED) is 0.553. The number of carbonyl (C=O) groups excluding carboxylic acids is 1. The minimum absolute atomic E-state index is 0.00365. The van der Waals surface area contributed by atoms with Gasteiger partial charge in [-0.2, -0.15) is 10.2 Å². The first-order chi connectivity index (χ1) is 14.8. The Kier molecular flexibility index (Phi) is 7.25. The molecule has 3 N–H and O–H groups in total. The van der Waals surface area contributed by atoms with Crippen molar-refractivity contribution in [3.63, 3.8) is 0 Å². The van der Waals surface area contributed by atoms with Crippen molar-refractivity contribution in [2.45, 2.75) is 25.7 Å². The van der Waals surface area contributed by atoms with Crippen LogP contribution in [0.2, 0.25) is 0 Å². The molecule has 0 radical (unpaired) electrons. The van der Waals surface area contributed by atoms with E-state index in [1.54, 1.807) is 6.07 Å². The first-order valence-electron chi connectivity index (χ1n) is 9.65. The standard InChI is InChI=1S/C20H21F3N6O2/c21-20(22,23)31-17-4-2-1-3-14(17)10-27-19-28-11-15(8-24)18(29-19)26-12-16(30)7-13-5-6-25-9-13/h1-4,11,13,25H,5-7,9-10,12H2,(H2,26,27,28,29)/t13-/m1/s1. The van der Waals surface area contributed by atoms with Gasteiger partial charge in [-0.3, -0.25) is 4.79 Å². The van der Waals surface area contributed by atoms with Crippen LogP contribution in [0.4, 0.5) is 24.9 Å². The zero-order valence-corrected chi connectivity index (χ0v) is 16.5. The molecule has 3 rings (SSSR count). The van der Waals surface area contributed by atoms with Gasteiger partial charge in [0, 0.05) is 18.5 Å². The van der Waals surface area contributed by atoms with Crippen molar-refractivity contribution in [2.75, 3.05) is 30.3 Å². The number of nitrogens with zero attached hydrogens (tertiary/aromatic N) is 3. The normalized spacial score (nSPS) is 15.9. The summed E-state index contributed by atoms with van der Waals surface area (Å²) in [4.78, 5) is 20.4. The first kappa shape index (κ1) is 22.3. The molecular weight excluding hydrogens is 413 g/mol. The molecule has 0 aliphatic carbocycles. The van der Waals surface area contributed by atoms with Crippen LogP contribution in [-0.2, 0) is 11.3 Å². The van der Waals surface area contributed by atoms with Crippen LogP contribution in [-0.4, -0.2) is 41.7 Å². The van der Waals surface area contributed by atoms with Crippen LogP contribution in [0.15, 0.2) is 30.5 Å². The van der Waals surface area contributed by atoms with Gasteiger partial charge in [0.2, 0.25) is 5.95 Å². The molecule has 1 saturated heterocycles. The van der Waals surface area contributed by atoms with Gasteiger partial charge in [-0.1, -0.05) is 18.2 Å². The van der Waals surface area contributed by atoms with Crippen LogP contribution in [0, 0.1) is 17.2 Å². The number of benzene rings is 1. The molecule has 0 unspecified atom stereocenters. The number of halogens is 3. The minimum atomic E-state index is -4.81. The second kappa shape index (κ2) is 10.1. The first-order valence-corrected chi connectivity index (χ1v) is 9.65. The van der Waals surface area contributed by atoms with Gasteiger partial charge < -0.3 is 20.7 Å². The molecule has 1 aromatic heterocycles. The minimum Gasteiger partial charge on any atom is -0.405 e. The van der Waals surface area contributed by atoms with Gasteiger partial charge in [0.15, 0.2) is 5.78 Å². The van der Waals surface area contributed by atoms with Crippen molar-refractivity contribution >= 4 is 17.5 Å². The third-order valence-electron chi connectivity index (χ3n) is 4.68. The molecule has 1 aliphatic rings. The Labute approximate surface area is 176 Å². The largest absolute Gasteiger partial charge is 0.573 e. The van der Waals surface area contributed by atoms with Crippen LogP contribution in [0.25, 0.3) is 0 Å². The third-order valence-corrected chi connectivity index (χ3v) is 4.68. The SMILES string of the molecule is N#Cc1cnc(NCc2ccccc2OC(F)(F)F)nc1NCC(=O)C[C@H]1CCNC1. The van der Waals surface area contributed by atoms with Gasteiger partial charge >= 0.3 is 6.36 Å². The molecule has 1 fully saturated rings. The second-order valence-corrected chi connectivity index (χ2v) is 7.03. The molecule has 0 bridgehead atoms. The number of anilines is 2. The lowest BCUT2D eigenvalue weighted by molar-refractivity contribution is -0.274. The molecule has 8 nitrogen and oxygen atoms in total. The number of para-hydroxylation sites is 1. The second-order valence-electron chi connectivity index (χ2n) is 7.03. The van der Waals surface area contributed by atoms with Crippen LogP contribution < -0.4 is 20.7 Å². The maximum atomic E-state index is 12.6. The summed E-state index contributed by atoms with van der Waals surface area (Å²) in [5.74, 6) is 0.255. The topological polar surface area (TPSA) is 112 Å². The van der Waals surface area contributed by atoms with Crippen molar-refractivity contribution in [1.82, 2.24) is 15.3 Å². The van der Waals surface area contributed by atoms with Crippen molar-refractivity contribution < 1.29 is 22.7 Å². The number of hydrogen-bond acceptors (Lipinski definition) is 8. The maximum Gasteiger partial charge on any atom is 0.573 e. The lowest BCUT2D eigenvalue weighted by Gasteiger charge is -2.14. The molecule has 1 atom stereocenters. The highest BCUT2D eigenvalue weighted by molar-refractivity contribution is 5.83. The number of rotatable bonds is 9. The molecular formula is C20H21F3N6O2. The number of ketones is 1. The zero-order chi connectivity index (χ0) is 22.3. The summed E-state index contributed by atoms with van der Waals surface area (Å²) in [5, 5.41) is 18.1. The van der Waals surface area contributed by atoms with E-state index in [0.29, 0.717) is 12.3 Å². The van der Waals surface area contributed by atoms with E-state index in [9.17, 15) is 23.2 Å². The van der Waals surface area contributed by atoms with Crippen LogP contribution in [0.5, 0.6) is 5.75 Å². The van der Waals surface area contributed by atoms with Gasteiger partial charge in [0.1, 0.15) is 23.2 Å². The Hall–Kier alpha value is -3.39. The highest BCUT2D eigenvalue weighted by atomic mass is 19.4. The number of Topliss-reactive ketones (excluding diaryl/α,β-unsaturated/α-hetero) is 1. The molecule has 2 aromatic rings. The van der Waals surface area contributed by atoms with Crippen LogP contribution >= 0.6 is 0 Å². The number of hydrogen-bond donors (Lipinski definition) is 3. The number of carbonyl (C=O) groups is 1. The fraction of sp³-hybridized carbons (Fsp3) is 0.400. The summed E-state index contributed by atoms with van der Waals surface area (Å²) >= 11 is 0. The van der Waals surface area contributed by atoms with Crippen molar-refractivity contribution in [2.24, 2.45) is 5.92 Å². The van der Waals surface area contributed by atoms with Gasteiger partial charge in [0.25, 0.3) is 0 Å². The molecule has 2 heterocycles. The summed E-state index contributed by atoms with van der Waals surface area (Å²) in [6.07, 6.45) is -2.13. The number of alkyl halides is 3. The Morgan fingerprint density at radius 3 is 2.84 bits per heavy atom. The highest BCUT2D eigenvalue weighted by Gasteiger charge is 2.32. The van der Waals surface area contributed by atoms with Gasteiger partial charge in [0.05, 0.1) is 12.7 Å². The Bertz CT molecular complexity index is 955. The molecule has 164 valence electrons. The van der Waals surface area contributed by atoms with Crippen LogP contribution in [0.1, 0.15) is 24.0 Å². The van der Waals surface area contributed by atoms with Crippen molar-refractivity contribution in [3.8, 4) is 11.8 Å². The number of nitrogens with one attached hydrogen (secondary N) is 3. The number of ether oxygens (including phenoxy) is 1. The highest BCUT2D eigenvalue weighted by Crippen LogP contribution is 2.26. The van der Waals surface area contributed by atoms with E-state index in [0.717, 1.165) is 19.5 Å². The average Bonchev–Trinajstić information content (AvgIpc) is 3.23. The predicted octanol–water partition coefficient (Wildman–Crippen LogP) is 2.84. The van der Waals surface area contributed by atoms with Gasteiger partial charge in [-0.15, -0.1) is 13.2 Å². The average molecular weight is 434 g/mol. The fourth-order valence-electron chi connectivity index (χ4n) is 3.20. The smallest absolute Gasteiger partial charge is 0.405 e. The Balaban J connectivity index is 1.63. The van der Waals surface area contributed by atoms with E-state index in [4.69, 9.17) is 0 Å². The molecule has 0 spiro atoms. The van der Waals surface area contributed by atoms with Gasteiger partial charge in [-0.25, -0.2) is 4.98 Å². The maximum absolute atomic E-state index is 12.6. The summed E-state index contributed by atoms with van der Waals surface area (Å²) in [5.41, 5.74) is 0.407. The fourth-order valence-corrected chi connectivity index (χ4v) is 3.20. The van der Waals surface area contributed by atoms with E-state index in [1.165, 1.54) is 24.4 Å². The summed E-state index contributed by atoms with van der Waals surface area (Å²) in [6.45, 7) is 1.70. The molecule has 1 aromatic carbocycles. The zero-order valence-electron chi connectivity index (χ0n) is 16.5. The summed E-state index contributed by atoms with van der Waals surface area (Å²) in [7, 11) is 0. The molecule has 0 amide bonds. The summed E-state index contributed by atoms with van der Waals surface area (Å²) in [6, 6.07) is 7.65. The molecule has 0 saturated carbocycles. The molecule has 1 aliphatic heterocycles. The van der Waals surface area contributed by atoms with E-state index in [2.05, 4.69) is 30.7 Å².